The van der Waals surface area contributed by atoms with Gasteiger partial charge in [-0.1, -0.05) is 48.5 Å². The lowest BCUT2D eigenvalue weighted by atomic mass is 10.0. The van der Waals surface area contributed by atoms with E-state index in [0.717, 1.165) is 18.8 Å². The Morgan fingerprint density at radius 2 is 1.75 bits per heavy atom. The van der Waals surface area contributed by atoms with Crippen molar-refractivity contribution in [3.63, 3.8) is 0 Å². The van der Waals surface area contributed by atoms with Crippen LogP contribution in [0, 0.1) is 6.92 Å². The Bertz CT molecular complexity index is 714. The van der Waals surface area contributed by atoms with E-state index in [0.29, 0.717) is 0 Å². The van der Waals surface area contributed by atoms with Gasteiger partial charge in [-0.2, -0.15) is 0 Å². The second-order valence-electron chi connectivity index (χ2n) is 5.01. The number of hydrogen-bond donors (Lipinski definition) is 1. The van der Waals surface area contributed by atoms with Crippen molar-refractivity contribution in [3.05, 3.63) is 77.6 Å². The number of pyridine rings is 1. The van der Waals surface area contributed by atoms with Gasteiger partial charge in [-0.15, -0.1) is 0 Å². The van der Waals surface area contributed by atoms with Crippen LogP contribution < -0.4 is 5.32 Å². The van der Waals surface area contributed by atoms with Crippen molar-refractivity contribution in [3.8, 4) is 0 Å². The molecule has 0 spiro atoms. The van der Waals surface area contributed by atoms with Crippen molar-refractivity contribution in [1.29, 1.82) is 0 Å². The van der Waals surface area contributed by atoms with Gasteiger partial charge >= 0.3 is 0 Å². The summed E-state index contributed by atoms with van der Waals surface area (Å²) in [6.45, 7) is 3.76. The fourth-order valence-corrected chi connectivity index (χ4v) is 2.47. The number of benzene rings is 2. The van der Waals surface area contributed by atoms with Gasteiger partial charge in [-0.3, -0.25) is 4.98 Å². The lowest BCUT2D eigenvalue weighted by Gasteiger charge is -2.09. The van der Waals surface area contributed by atoms with Crippen LogP contribution in [0.2, 0.25) is 0 Å². The molecule has 0 bridgehead atoms. The van der Waals surface area contributed by atoms with E-state index in [1.807, 2.05) is 12.3 Å². The van der Waals surface area contributed by atoms with E-state index in [9.17, 15) is 0 Å². The number of aryl methyl sites for hydroxylation is 1. The van der Waals surface area contributed by atoms with Crippen LogP contribution in [0.15, 0.2) is 60.8 Å². The summed E-state index contributed by atoms with van der Waals surface area (Å²) in [5, 5.41) is 6.10. The van der Waals surface area contributed by atoms with Crippen molar-refractivity contribution in [2.75, 3.05) is 0 Å². The first-order chi connectivity index (χ1) is 9.84. The third-order valence-electron chi connectivity index (χ3n) is 3.61. The number of rotatable bonds is 4. The molecule has 0 radical (unpaired) electrons. The molecule has 0 unspecified atom stereocenters. The fraction of sp³-hybridized carbons (Fsp3) is 0.167. The summed E-state index contributed by atoms with van der Waals surface area (Å²) in [4.78, 5) is 4.41. The van der Waals surface area contributed by atoms with Crippen molar-refractivity contribution >= 4 is 10.8 Å². The van der Waals surface area contributed by atoms with Gasteiger partial charge in [0, 0.05) is 19.3 Å². The zero-order valence-corrected chi connectivity index (χ0v) is 11.6. The summed E-state index contributed by atoms with van der Waals surface area (Å²) in [6, 6.07) is 19.0. The molecule has 0 aliphatic heterocycles. The van der Waals surface area contributed by atoms with Crippen LogP contribution in [0.1, 0.15) is 16.8 Å². The Morgan fingerprint density at radius 3 is 2.65 bits per heavy atom. The Balaban J connectivity index is 1.73. The molecule has 0 aliphatic carbocycles. The first-order valence-electron chi connectivity index (χ1n) is 6.92. The normalized spacial score (nSPS) is 10.8. The predicted octanol–water partition coefficient (Wildman–Crippen LogP) is 3.83. The minimum Gasteiger partial charge on any atom is -0.307 e. The van der Waals surface area contributed by atoms with Crippen LogP contribution in [-0.4, -0.2) is 4.98 Å². The highest BCUT2D eigenvalue weighted by Gasteiger charge is 2.01. The molecule has 1 N–H and O–H groups in total. The molecule has 2 aromatic carbocycles. The van der Waals surface area contributed by atoms with Gasteiger partial charge in [0.25, 0.3) is 0 Å². The van der Waals surface area contributed by atoms with Gasteiger partial charge in [0.15, 0.2) is 0 Å². The van der Waals surface area contributed by atoms with E-state index >= 15 is 0 Å². The monoisotopic (exact) mass is 262 g/mol. The molecular weight excluding hydrogens is 244 g/mol. The van der Waals surface area contributed by atoms with E-state index in [1.54, 1.807) is 0 Å². The predicted molar refractivity (Wildman–Crippen MR) is 83.5 cm³/mol. The average molecular weight is 262 g/mol. The van der Waals surface area contributed by atoms with E-state index in [-0.39, 0.29) is 0 Å². The van der Waals surface area contributed by atoms with Crippen LogP contribution in [0.25, 0.3) is 10.8 Å². The Labute approximate surface area is 119 Å². The lowest BCUT2D eigenvalue weighted by molar-refractivity contribution is 0.679. The first kappa shape index (κ1) is 12.8. The topological polar surface area (TPSA) is 24.9 Å². The third kappa shape index (κ3) is 2.70. The van der Waals surface area contributed by atoms with Crippen molar-refractivity contribution < 1.29 is 0 Å². The summed E-state index contributed by atoms with van der Waals surface area (Å²) in [5.74, 6) is 0. The Kier molecular flexibility index (Phi) is 3.75. The molecule has 2 nitrogen and oxygen atoms in total. The molecule has 1 heterocycles. The van der Waals surface area contributed by atoms with Gasteiger partial charge in [0.2, 0.25) is 0 Å². The smallest absolute Gasteiger partial charge is 0.0570 e. The molecule has 0 saturated carbocycles. The molecule has 0 amide bonds. The molecule has 3 aromatic rings. The van der Waals surface area contributed by atoms with Crippen molar-refractivity contribution in [2.45, 2.75) is 20.0 Å². The van der Waals surface area contributed by atoms with Gasteiger partial charge < -0.3 is 5.32 Å². The van der Waals surface area contributed by atoms with E-state index in [2.05, 4.69) is 65.8 Å². The van der Waals surface area contributed by atoms with E-state index < -0.39 is 0 Å². The second kappa shape index (κ2) is 5.85. The van der Waals surface area contributed by atoms with Gasteiger partial charge in [0.05, 0.1) is 5.69 Å². The molecular formula is C18H18N2. The van der Waals surface area contributed by atoms with E-state index in [1.165, 1.54) is 21.9 Å². The number of nitrogens with zero attached hydrogens (tertiary/aromatic N) is 1. The zero-order valence-electron chi connectivity index (χ0n) is 11.6. The molecule has 100 valence electrons. The first-order valence-corrected chi connectivity index (χ1v) is 6.92. The molecule has 0 fully saturated rings. The molecule has 0 saturated heterocycles. The minimum absolute atomic E-state index is 0.801. The molecule has 2 heteroatoms. The van der Waals surface area contributed by atoms with Crippen LogP contribution >= 0.6 is 0 Å². The van der Waals surface area contributed by atoms with Crippen LogP contribution in [0.5, 0.6) is 0 Å². The average Bonchev–Trinajstić information content (AvgIpc) is 2.49. The summed E-state index contributed by atoms with van der Waals surface area (Å²) >= 11 is 0. The summed E-state index contributed by atoms with van der Waals surface area (Å²) in [6.07, 6.45) is 1.85. The van der Waals surface area contributed by atoms with Crippen LogP contribution in [0.3, 0.4) is 0 Å². The molecule has 0 atom stereocenters. The number of fused-ring (bicyclic) bond motifs is 1. The zero-order chi connectivity index (χ0) is 13.8. The van der Waals surface area contributed by atoms with Crippen molar-refractivity contribution in [2.24, 2.45) is 0 Å². The van der Waals surface area contributed by atoms with Gasteiger partial charge in [-0.25, -0.2) is 0 Å². The number of nitrogens with one attached hydrogen (secondary N) is 1. The van der Waals surface area contributed by atoms with Crippen LogP contribution in [-0.2, 0) is 13.1 Å². The largest absolute Gasteiger partial charge is 0.307 e. The fourth-order valence-electron chi connectivity index (χ4n) is 2.47. The quantitative estimate of drug-likeness (QED) is 0.773. The highest BCUT2D eigenvalue weighted by molar-refractivity contribution is 5.85. The third-order valence-corrected chi connectivity index (χ3v) is 3.61. The second-order valence-corrected chi connectivity index (χ2v) is 5.01. The molecule has 20 heavy (non-hydrogen) atoms. The highest BCUT2D eigenvalue weighted by Crippen LogP contribution is 2.18. The highest BCUT2D eigenvalue weighted by atomic mass is 14.9. The molecule has 0 aliphatic rings. The van der Waals surface area contributed by atoms with Crippen molar-refractivity contribution in [1.82, 2.24) is 10.3 Å². The number of aromatic nitrogens is 1. The summed E-state index contributed by atoms with van der Waals surface area (Å²) < 4.78 is 0. The summed E-state index contributed by atoms with van der Waals surface area (Å²) in [5.41, 5.74) is 3.68. The Hall–Kier alpha value is -2.19. The van der Waals surface area contributed by atoms with E-state index in [4.69, 9.17) is 0 Å². The lowest BCUT2D eigenvalue weighted by Crippen LogP contribution is -2.14. The maximum absolute atomic E-state index is 4.41. The van der Waals surface area contributed by atoms with Crippen LogP contribution in [0.4, 0.5) is 0 Å². The standard InChI is InChI=1S/C18H18N2/c1-14-6-5-11-20-18(14)13-19-12-16-9-4-8-15-7-2-3-10-17(15)16/h2-11,19H,12-13H2,1H3. The SMILES string of the molecule is Cc1cccnc1CNCc1cccc2ccccc12. The maximum atomic E-state index is 4.41. The summed E-state index contributed by atoms with van der Waals surface area (Å²) in [7, 11) is 0. The minimum atomic E-state index is 0.801. The van der Waals surface area contributed by atoms with Gasteiger partial charge in [0.1, 0.15) is 0 Å². The Morgan fingerprint density at radius 1 is 0.900 bits per heavy atom. The van der Waals surface area contributed by atoms with Gasteiger partial charge in [-0.05, 0) is 34.9 Å². The number of hydrogen-bond acceptors (Lipinski definition) is 2. The molecule has 1 aromatic heterocycles. The molecule has 3 rings (SSSR count). The maximum Gasteiger partial charge on any atom is 0.0570 e.